The van der Waals surface area contributed by atoms with Crippen molar-refractivity contribution in [1.82, 2.24) is 14.8 Å². The van der Waals surface area contributed by atoms with E-state index in [9.17, 15) is 9.50 Å². The van der Waals surface area contributed by atoms with Gasteiger partial charge in [-0.15, -0.1) is 0 Å². The summed E-state index contributed by atoms with van der Waals surface area (Å²) in [6.45, 7) is 6.57. The minimum atomic E-state index is -0.984. The fraction of sp³-hybridized carbons (Fsp3) is 0.529. The average Bonchev–Trinajstić information content (AvgIpc) is 2.97. The van der Waals surface area contributed by atoms with E-state index in [-0.39, 0.29) is 11.2 Å². The van der Waals surface area contributed by atoms with Gasteiger partial charge >= 0.3 is 0 Å². The van der Waals surface area contributed by atoms with E-state index in [2.05, 4.69) is 10.1 Å². The van der Waals surface area contributed by atoms with Crippen LogP contribution in [0.4, 0.5) is 4.39 Å². The van der Waals surface area contributed by atoms with Crippen molar-refractivity contribution in [2.75, 3.05) is 6.61 Å². The zero-order valence-corrected chi connectivity index (χ0v) is 14.9. The first-order chi connectivity index (χ1) is 11.2. The Labute approximate surface area is 146 Å². The Balaban J connectivity index is 1.93. The summed E-state index contributed by atoms with van der Waals surface area (Å²) in [6, 6.07) is 4.30. The van der Waals surface area contributed by atoms with Gasteiger partial charge in [-0.05, 0) is 36.5 Å². The van der Waals surface area contributed by atoms with Crippen molar-refractivity contribution in [3.8, 4) is 5.75 Å². The third-order valence-corrected chi connectivity index (χ3v) is 4.41. The second-order valence-electron chi connectivity index (χ2n) is 6.90. The number of rotatable bonds is 7. The molecule has 0 aliphatic carbocycles. The lowest BCUT2D eigenvalue weighted by Gasteiger charge is -2.40. The Morgan fingerprint density at radius 1 is 1.33 bits per heavy atom. The standard InChI is InChI=1S/C17H23ClFN3O2/c1-16(2,3)17(23,10-22-12-20-11-21-22)7-4-8-24-15-6-5-13(18)9-14(15)19/h5-6,9,11-12,23H,4,7-8,10H2,1-3H3. The molecule has 0 aliphatic heterocycles. The molecule has 0 fully saturated rings. The zero-order valence-electron chi connectivity index (χ0n) is 14.2. The quantitative estimate of drug-likeness (QED) is 0.769. The molecule has 1 aromatic heterocycles. The fourth-order valence-electron chi connectivity index (χ4n) is 2.41. The molecule has 1 heterocycles. The smallest absolute Gasteiger partial charge is 0.166 e. The summed E-state index contributed by atoms with van der Waals surface area (Å²) in [5.74, 6) is -0.328. The molecule has 0 amide bonds. The number of benzene rings is 1. The van der Waals surface area contributed by atoms with E-state index in [1.54, 1.807) is 17.1 Å². The number of halogens is 2. The molecule has 0 spiro atoms. The van der Waals surface area contributed by atoms with Crippen molar-refractivity contribution in [2.45, 2.75) is 45.8 Å². The lowest BCUT2D eigenvalue weighted by Crippen LogP contribution is -2.46. The van der Waals surface area contributed by atoms with Crippen molar-refractivity contribution in [3.05, 3.63) is 41.7 Å². The maximum Gasteiger partial charge on any atom is 0.166 e. The van der Waals surface area contributed by atoms with Gasteiger partial charge in [0.05, 0.1) is 18.8 Å². The number of hydrogen-bond donors (Lipinski definition) is 1. The topological polar surface area (TPSA) is 60.2 Å². The summed E-state index contributed by atoms with van der Waals surface area (Å²) < 4.78 is 20.7. The highest BCUT2D eigenvalue weighted by molar-refractivity contribution is 6.30. The van der Waals surface area contributed by atoms with Crippen LogP contribution >= 0.6 is 11.6 Å². The predicted molar refractivity (Wildman–Crippen MR) is 90.6 cm³/mol. The van der Waals surface area contributed by atoms with E-state index in [0.717, 1.165) is 0 Å². The van der Waals surface area contributed by atoms with E-state index in [4.69, 9.17) is 16.3 Å². The summed E-state index contributed by atoms with van der Waals surface area (Å²) in [5.41, 5.74) is -1.34. The molecule has 0 bridgehead atoms. The van der Waals surface area contributed by atoms with Crippen LogP contribution in [0.15, 0.2) is 30.9 Å². The number of ether oxygens (including phenoxy) is 1. The third-order valence-electron chi connectivity index (χ3n) is 4.17. The third kappa shape index (κ3) is 4.68. The van der Waals surface area contributed by atoms with Gasteiger partial charge in [0.15, 0.2) is 11.6 Å². The molecular weight excluding hydrogens is 333 g/mol. The van der Waals surface area contributed by atoms with E-state index in [1.165, 1.54) is 18.5 Å². The minimum absolute atomic E-state index is 0.162. The highest BCUT2D eigenvalue weighted by Gasteiger charge is 2.40. The molecule has 0 saturated carbocycles. The van der Waals surface area contributed by atoms with Crippen LogP contribution in [0.25, 0.3) is 0 Å². The Kier molecular flexibility index (Phi) is 5.83. The van der Waals surface area contributed by atoms with Gasteiger partial charge in [0, 0.05) is 5.02 Å². The van der Waals surface area contributed by atoms with Gasteiger partial charge in [-0.2, -0.15) is 5.10 Å². The Bertz CT molecular complexity index is 658. The van der Waals surface area contributed by atoms with E-state index in [1.807, 2.05) is 20.8 Å². The number of aromatic nitrogens is 3. The van der Waals surface area contributed by atoms with Gasteiger partial charge in [0.1, 0.15) is 12.7 Å². The maximum atomic E-state index is 13.7. The monoisotopic (exact) mass is 355 g/mol. The van der Waals surface area contributed by atoms with Crippen LogP contribution in [0.1, 0.15) is 33.6 Å². The van der Waals surface area contributed by atoms with Crippen LogP contribution in [0, 0.1) is 11.2 Å². The Morgan fingerprint density at radius 2 is 2.08 bits per heavy atom. The molecule has 2 rings (SSSR count). The first-order valence-electron chi connectivity index (χ1n) is 7.84. The van der Waals surface area contributed by atoms with Crippen molar-refractivity contribution in [3.63, 3.8) is 0 Å². The number of hydrogen-bond acceptors (Lipinski definition) is 4. The summed E-state index contributed by atoms with van der Waals surface area (Å²) in [6.07, 6.45) is 4.09. The minimum Gasteiger partial charge on any atom is -0.491 e. The molecule has 0 radical (unpaired) electrons. The second kappa shape index (κ2) is 7.49. The van der Waals surface area contributed by atoms with Crippen LogP contribution in [-0.4, -0.2) is 32.1 Å². The molecule has 1 unspecified atom stereocenters. The van der Waals surface area contributed by atoms with Crippen molar-refractivity contribution >= 4 is 11.6 Å². The zero-order chi connectivity index (χ0) is 17.8. The first kappa shape index (κ1) is 18.7. The summed E-state index contributed by atoms with van der Waals surface area (Å²) in [7, 11) is 0. The predicted octanol–water partition coefficient (Wildman–Crippen LogP) is 3.71. The molecule has 0 saturated heterocycles. The maximum absolute atomic E-state index is 13.7. The molecule has 1 aromatic carbocycles. The van der Waals surface area contributed by atoms with Crippen molar-refractivity contribution in [2.24, 2.45) is 5.41 Å². The van der Waals surface area contributed by atoms with Crippen LogP contribution in [0.2, 0.25) is 5.02 Å². The van der Waals surface area contributed by atoms with Gasteiger partial charge in [0.25, 0.3) is 0 Å². The fourth-order valence-corrected chi connectivity index (χ4v) is 2.57. The van der Waals surface area contributed by atoms with Crippen LogP contribution in [-0.2, 0) is 6.54 Å². The molecule has 2 aromatic rings. The highest BCUT2D eigenvalue weighted by atomic mass is 35.5. The lowest BCUT2D eigenvalue weighted by molar-refractivity contribution is -0.0826. The summed E-state index contributed by atoms with van der Waals surface area (Å²) in [5, 5.41) is 15.5. The van der Waals surface area contributed by atoms with Gasteiger partial charge < -0.3 is 9.84 Å². The van der Waals surface area contributed by atoms with Crippen LogP contribution in [0.3, 0.4) is 0 Å². The van der Waals surface area contributed by atoms with E-state index in [0.29, 0.717) is 31.0 Å². The molecule has 1 N–H and O–H groups in total. The first-order valence-corrected chi connectivity index (χ1v) is 8.22. The Hall–Kier alpha value is -1.66. The number of nitrogens with zero attached hydrogens (tertiary/aromatic N) is 3. The normalized spacial score (nSPS) is 14.4. The van der Waals surface area contributed by atoms with Gasteiger partial charge in [-0.1, -0.05) is 32.4 Å². The molecule has 1 atom stereocenters. The Morgan fingerprint density at radius 3 is 2.67 bits per heavy atom. The average molecular weight is 356 g/mol. The highest BCUT2D eigenvalue weighted by Crippen LogP contribution is 2.35. The molecular formula is C17H23ClFN3O2. The van der Waals surface area contributed by atoms with Crippen LogP contribution < -0.4 is 4.74 Å². The van der Waals surface area contributed by atoms with E-state index < -0.39 is 11.4 Å². The summed E-state index contributed by atoms with van der Waals surface area (Å²) >= 11 is 5.71. The molecule has 5 nitrogen and oxygen atoms in total. The van der Waals surface area contributed by atoms with Gasteiger partial charge in [-0.3, -0.25) is 4.68 Å². The molecule has 24 heavy (non-hydrogen) atoms. The molecule has 7 heteroatoms. The van der Waals surface area contributed by atoms with Crippen molar-refractivity contribution in [1.29, 1.82) is 0 Å². The van der Waals surface area contributed by atoms with Gasteiger partial charge in [-0.25, -0.2) is 9.37 Å². The number of aliphatic hydroxyl groups is 1. The van der Waals surface area contributed by atoms with Crippen molar-refractivity contribution < 1.29 is 14.2 Å². The second-order valence-corrected chi connectivity index (χ2v) is 7.34. The SMILES string of the molecule is CC(C)(C)C(O)(CCCOc1ccc(Cl)cc1F)Cn1cncn1. The van der Waals surface area contributed by atoms with E-state index >= 15 is 0 Å². The molecule has 0 aliphatic rings. The van der Waals surface area contributed by atoms with Crippen LogP contribution in [0.5, 0.6) is 5.75 Å². The lowest BCUT2D eigenvalue weighted by atomic mass is 9.73. The van der Waals surface area contributed by atoms with Gasteiger partial charge in [0.2, 0.25) is 0 Å². The largest absolute Gasteiger partial charge is 0.491 e. The summed E-state index contributed by atoms with van der Waals surface area (Å²) in [4.78, 5) is 3.90. The molecule has 132 valence electrons.